The van der Waals surface area contributed by atoms with Crippen molar-refractivity contribution in [3.8, 4) is 0 Å². The lowest BCUT2D eigenvalue weighted by Crippen LogP contribution is -2.45. The molecule has 0 spiro atoms. The quantitative estimate of drug-likeness (QED) is 0.0322. The molecule has 0 fully saturated rings. The van der Waals surface area contributed by atoms with E-state index in [9.17, 15) is 19.8 Å². The highest BCUT2D eigenvalue weighted by Gasteiger charge is 2.20. The number of allylic oxidation sites excluding steroid dienone is 5. The van der Waals surface area contributed by atoms with Crippen LogP contribution in [0.25, 0.3) is 0 Å². The molecule has 0 aromatic heterocycles. The summed E-state index contributed by atoms with van der Waals surface area (Å²) in [5.74, 6) is -0.0871. The molecule has 3 N–H and O–H groups in total. The molecule has 0 aromatic rings. The SMILES string of the molecule is CCCCCC/C=C\CCCCCCCC(=O)OCC/C=C\C/C=C\CCCCCCCCCCCCCCCCC(=O)NC(CO)C(O)CCCCCCCCCCCC. The van der Waals surface area contributed by atoms with Crippen LogP contribution in [0.2, 0.25) is 0 Å². The monoisotopic (exact) mass is 858 g/mol. The first kappa shape index (κ1) is 59.1. The fourth-order valence-corrected chi connectivity index (χ4v) is 8.06. The van der Waals surface area contributed by atoms with Gasteiger partial charge < -0.3 is 20.3 Å². The van der Waals surface area contributed by atoms with Crippen molar-refractivity contribution < 1.29 is 24.5 Å². The minimum Gasteiger partial charge on any atom is -0.465 e. The Morgan fingerprint density at radius 2 is 0.820 bits per heavy atom. The zero-order valence-electron chi connectivity index (χ0n) is 40.6. The van der Waals surface area contributed by atoms with Crippen LogP contribution < -0.4 is 5.32 Å². The lowest BCUT2D eigenvalue weighted by atomic mass is 10.0. The Kier molecular flexibility index (Phi) is 49.1. The predicted molar refractivity (Wildman–Crippen MR) is 264 cm³/mol. The van der Waals surface area contributed by atoms with Crippen LogP contribution in [0.5, 0.6) is 0 Å². The second-order valence-electron chi connectivity index (χ2n) is 18.2. The third-order valence-corrected chi connectivity index (χ3v) is 12.2. The Morgan fingerprint density at radius 3 is 1.28 bits per heavy atom. The Bertz CT molecular complexity index is 993. The van der Waals surface area contributed by atoms with Crippen molar-refractivity contribution in [3.05, 3.63) is 36.5 Å². The topological polar surface area (TPSA) is 95.9 Å². The molecule has 0 rings (SSSR count). The second kappa shape index (κ2) is 50.7. The van der Waals surface area contributed by atoms with Gasteiger partial charge in [-0.3, -0.25) is 9.59 Å². The van der Waals surface area contributed by atoms with Crippen LogP contribution >= 0.6 is 0 Å². The summed E-state index contributed by atoms with van der Waals surface area (Å²) < 4.78 is 5.40. The van der Waals surface area contributed by atoms with Gasteiger partial charge in [0.25, 0.3) is 0 Å². The van der Waals surface area contributed by atoms with E-state index in [1.165, 1.54) is 193 Å². The van der Waals surface area contributed by atoms with E-state index in [2.05, 4.69) is 55.6 Å². The number of hydrogen-bond acceptors (Lipinski definition) is 5. The average molecular weight is 858 g/mol. The zero-order chi connectivity index (χ0) is 44.4. The van der Waals surface area contributed by atoms with E-state index in [4.69, 9.17) is 4.74 Å². The Labute approximate surface area is 379 Å². The molecular formula is C55H103NO5. The van der Waals surface area contributed by atoms with Crippen LogP contribution in [0.4, 0.5) is 0 Å². The molecule has 2 atom stereocenters. The van der Waals surface area contributed by atoms with Crippen LogP contribution in [0, 0.1) is 0 Å². The van der Waals surface area contributed by atoms with Crippen LogP contribution in [0.1, 0.15) is 277 Å². The fourth-order valence-electron chi connectivity index (χ4n) is 8.06. The van der Waals surface area contributed by atoms with Gasteiger partial charge in [-0.1, -0.05) is 230 Å². The molecule has 61 heavy (non-hydrogen) atoms. The van der Waals surface area contributed by atoms with E-state index < -0.39 is 12.1 Å². The summed E-state index contributed by atoms with van der Waals surface area (Å²) in [6, 6.07) is -0.544. The molecule has 0 aliphatic rings. The predicted octanol–water partition coefficient (Wildman–Crippen LogP) is 16.1. The van der Waals surface area contributed by atoms with Gasteiger partial charge in [-0.05, 0) is 70.6 Å². The number of hydrogen-bond donors (Lipinski definition) is 3. The molecule has 6 heteroatoms. The Balaban J connectivity index is 3.45. The molecule has 0 heterocycles. The highest BCUT2D eigenvalue weighted by atomic mass is 16.5. The van der Waals surface area contributed by atoms with Gasteiger partial charge in [-0.2, -0.15) is 0 Å². The van der Waals surface area contributed by atoms with Gasteiger partial charge in [-0.15, -0.1) is 0 Å². The first-order valence-corrected chi connectivity index (χ1v) is 26.7. The number of carbonyl (C=O) groups excluding carboxylic acids is 2. The summed E-state index contributed by atoms with van der Waals surface area (Å²) in [4.78, 5) is 24.4. The molecule has 0 saturated carbocycles. The molecule has 1 amide bonds. The molecule has 0 radical (unpaired) electrons. The summed E-state index contributed by atoms with van der Waals surface area (Å²) in [5.41, 5.74) is 0. The molecule has 0 saturated heterocycles. The van der Waals surface area contributed by atoms with E-state index in [0.717, 1.165) is 51.4 Å². The standard InChI is InChI=1S/C55H103NO5/c1-3-5-7-9-11-13-15-25-29-33-37-41-45-49-55(60)61-50-46-42-38-34-30-27-24-22-20-18-16-17-19-21-23-26-28-32-36-40-44-48-54(59)56-52(51-57)53(58)47-43-39-35-31-14-12-10-8-6-4-2/h13,15,27,30,38,42,52-53,57-58H,3-12,14,16-26,28-29,31-37,39-41,43-51H2,1-2H3,(H,56,59)/b15-13-,30-27-,42-38-. The first-order chi connectivity index (χ1) is 30.0. The van der Waals surface area contributed by atoms with Crippen LogP contribution in [0.15, 0.2) is 36.5 Å². The summed E-state index contributed by atoms with van der Waals surface area (Å²) in [6.07, 6.45) is 61.4. The molecule has 0 aliphatic carbocycles. The maximum atomic E-state index is 12.4. The highest BCUT2D eigenvalue weighted by molar-refractivity contribution is 5.76. The van der Waals surface area contributed by atoms with E-state index in [1.807, 2.05) is 0 Å². The van der Waals surface area contributed by atoms with Crippen LogP contribution in [-0.4, -0.2) is 47.4 Å². The molecule has 6 nitrogen and oxygen atoms in total. The van der Waals surface area contributed by atoms with Crippen molar-refractivity contribution in [1.82, 2.24) is 5.32 Å². The van der Waals surface area contributed by atoms with Gasteiger partial charge in [0.2, 0.25) is 5.91 Å². The van der Waals surface area contributed by atoms with Crippen molar-refractivity contribution in [3.63, 3.8) is 0 Å². The minimum atomic E-state index is -0.666. The van der Waals surface area contributed by atoms with Gasteiger partial charge in [0.15, 0.2) is 0 Å². The van der Waals surface area contributed by atoms with E-state index in [1.54, 1.807) is 0 Å². The number of ether oxygens (including phenoxy) is 1. The normalized spacial score (nSPS) is 12.9. The van der Waals surface area contributed by atoms with Crippen molar-refractivity contribution >= 4 is 11.9 Å². The molecule has 0 aliphatic heterocycles. The molecular weight excluding hydrogens is 755 g/mol. The van der Waals surface area contributed by atoms with Gasteiger partial charge >= 0.3 is 5.97 Å². The van der Waals surface area contributed by atoms with Crippen molar-refractivity contribution in [1.29, 1.82) is 0 Å². The Hall–Kier alpha value is -1.92. The van der Waals surface area contributed by atoms with Crippen LogP contribution in [-0.2, 0) is 14.3 Å². The fraction of sp³-hybridized carbons (Fsp3) is 0.855. The highest BCUT2D eigenvalue weighted by Crippen LogP contribution is 2.16. The Morgan fingerprint density at radius 1 is 0.459 bits per heavy atom. The lowest BCUT2D eigenvalue weighted by Gasteiger charge is -2.22. The first-order valence-electron chi connectivity index (χ1n) is 26.7. The smallest absolute Gasteiger partial charge is 0.305 e. The summed E-state index contributed by atoms with van der Waals surface area (Å²) in [5, 5.41) is 23.1. The number of aliphatic hydroxyl groups is 2. The van der Waals surface area contributed by atoms with Gasteiger partial charge in [-0.25, -0.2) is 0 Å². The van der Waals surface area contributed by atoms with Gasteiger partial charge in [0.05, 0.1) is 25.4 Å². The molecule has 0 bridgehead atoms. The van der Waals surface area contributed by atoms with E-state index >= 15 is 0 Å². The number of rotatable bonds is 49. The maximum Gasteiger partial charge on any atom is 0.305 e. The third-order valence-electron chi connectivity index (χ3n) is 12.2. The third kappa shape index (κ3) is 47.4. The van der Waals surface area contributed by atoms with Crippen molar-refractivity contribution in [2.45, 2.75) is 289 Å². The zero-order valence-corrected chi connectivity index (χ0v) is 40.6. The van der Waals surface area contributed by atoms with Gasteiger partial charge in [0.1, 0.15) is 0 Å². The van der Waals surface area contributed by atoms with Crippen molar-refractivity contribution in [2.75, 3.05) is 13.2 Å². The largest absolute Gasteiger partial charge is 0.465 e. The molecule has 0 aromatic carbocycles. The number of esters is 1. The van der Waals surface area contributed by atoms with E-state index in [0.29, 0.717) is 25.9 Å². The minimum absolute atomic E-state index is 0.0421. The number of unbranched alkanes of at least 4 members (excludes halogenated alkanes) is 32. The lowest BCUT2D eigenvalue weighted by molar-refractivity contribution is -0.143. The maximum absolute atomic E-state index is 12.4. The summed E-state index contributed by atoms with van der Waals surface area (Å²) in [7, 11) is 0. The summed E-state index contributed by atoms with van der Waals surface area (Å²) >= 11 is 0. The number of aliphatic hydroxyl groups excluding tert-OH is 2. The number of amides is 1. The molecule has 358 valence electrons. The summed E-state index contributed by atoms with van der Waals surface area (Å²) in [6.45, 7) is 4.80. The van der Waals surface area contributed by atoms with E-state index in [-0.39, 0.29) is 18.5 Å². The van der Waals surface area contributed by atoms with Crippen molar-refractivity contribution in [2.24, 2.45) is 0 Å². The molecule has 2 unspecified atom stereocenters. The second-order valence-corrected chi connectivity index (χ2v) is 18.2. The van der Waals surface area contributed by atoms with Crippen LogP contribution in [0.3, 0.4) is 0 Å². The van der Waals surface area contributed by atoms with Gasteiger partial charge in [0, 0.05) is 12.8 Å². The average Bonchev–Trinajstić information content (AvgIpc) is 3.26. The number of carbonyl (C=O) groups is 2. The number of nitrogens with one attached hydrogen (secondary N) is 1.